The van der Waals surface area contributed by atoms with Gasteiger partial charge in [-0.15, -0.1) is 0 Å². The van der Waals surface area contributed by atoms with E-state index < -0.39 is 4.92 Å². The van der Waals surface area contributed by atoms with E-state index in [1.165, 1.54) is 17.0 Å². The van der Waals surface area contributed by atoms with Gasteiger partial charge in [0.15, 0.2) is 0 Å². The number of ether oxygens (including phenoxy) is 1. The van der Waals surface area contributed by atoms with Crippen LogP contribution in [0.3, 0.4) is 0 Å². The number of hydrogen-bond donors (Lipinski definition) is 0. The lowest BCUT2D eigenvalue weighted by atomic mass is 10.2. The fraction of sp³-hybridized carbons (Fsp3) is 0.300. The number of nitro benzene ring substituents is 1. The molecule has 1 saturated heterocycles. The van der Waals surface area contributed by atoms with Gasteiger partial charge in [-0.1, -0.05) is 0 Å². The van der Waals surface area contributed by atoms with Crippen LogP contribution in [0.15, 0.2) is 22.7 Å². The monoisotopic (exact) mass is 300 g/mol. The highest BCUT2D eigenvalue weighted by Crippen LogP contribution is 2.31. The van der Waals surface area contributed by atoms with Crippen molar-refractivity contribution in [1.29, 1.82) is 0 Å². The fourth-order valence-corrected chi connectivity index (χ4v) is 2.05. The number of non-ortho nitro benzene ring substituents is 1. The third kappa shape index (κ3) is 2.45. The first kappa shape index (κ1) is 12.0. The van der Waals surface area contributed by atoms with Gasteiger partial charge in [0, 0.05) is 23.2 Å². The molecule has 6 nitrogen and oxygen atoms in total. The maximum atomic E-state index is 11.6. The number of morpholine rings is 1. The molecule has 1 aliphatic heterocycles. The number of rotatable bonds is 2. The van der Waals surface area contributed by atoms with E-state index in [1.807, 2.05) is 0 Å². The second-order valence-electron chi connectivity index (χ2n) is 3.49. The van der Waals surface area contributed by atoms with Gasteiger partial charge in [0.2, 0.25) is 0 Å². The molecule has 0 radical (unpaired) electrons. The third-order valence-corrected chi connectivity index (χ3v) is 3.09. The first-order valence-electron chi connectivity index (χ1n) is 4.91. The number of benzene rings is 1. The molecule has 0 spiro atoms. The number of nitrogens with zero attached hydrogens (tertiary/aromatic N) is 2. The highest BCUT2D eigenvalue weighted by atomic mass is 79.9. The van der Waals surface area contributed by atoms with Crippen LogP contribution in [0.5, 0.6) is 0 Å². The average molecular weight is 301 g/mol. The van der Waals surface area contributed by atoms with Crippen molar-refractivity contribution in [3.8, 4) is 0 Å². The van der Waals surface area contributed by atoms with E-state index in [4.69, 9.17) is 4.74 Å². The molecule has 0 atom stereocenters. The summed E-state index contributed by atoms with van der Waals surface area (Å²) in [5.74, 6) is -0.197. The first-order chi connectivity index (χ1) is 8.09. The predicted molar refractivity (Wildman–Crippen MR) is 64.0 cm³/mol. The van der Waals surface area contributed by atoms with E-state index in [1.54, 1.807) is 6.07 Å². The smallest absolute Gasteiger partial charge is 0.271 e. The molecule has 1 aromatic rings. The molecular formula is C10H9BrN2O4. The van der Waals surface area contributed by atoms with E-state index in [9.17, 15) is 14.9 Å². The topological polar surface area (TPSA) is 72.7 Å². The highest BCUT2D eigenvalue weighted by Gasteiger charge is 2.23. The maximum absolute atomic E-state index is 11.6. The van der Waals surface area contributed by atoms with Crippen molar-refractivity contribution < 1.29 is 14.5 Å². The summed E-state index contributed by atoms with van der Waals surface area (Å²) in [6.45, 7) is 0.842. The van der Waals surface area contributed by atoms with Crippen LogP contribution in [0, 0.1) is 10.1 Å². The van der Waals surface area contributed by atoms with Crippen LogP contribution in [0.1, 0.15) is 0 Å². The van der Waals surface area contributed by atoms with Gasteiger partial charge in [-0.05, 0) is 22.0 Å². The van der Waals surface area contributed by atoms with Gasteiger partial charge < -0.3 is 9.64 Å². The Kier molecular flexibility index (Phi) is 3.39. The Morgan fingerprint density at radius 3 is 2.88 bits per heavy atom. The van der Waals surface area contributed by atoms with Crippen molar-refractivity contribution in [3.05, 3.63) is 32.8 Å². The average Bonchev–Trinajstić information content (AvgIpc) is 2.30. The minimum absolute atomic E-state index is 0.00906. The summed E-state index contributed by atoms with van der Waals surface area (Å²) in [6, 6.07) is 4.34. The summed E-state index contributed by atoms with van der Waals surface area (Å²) in [6.07, 6.45) is 0. The zero-order valence-corrected chi connectivity index (χ0v) is 10.3. The third-order valence-electron chi connectivity index (χ3n) is 2.42. The van der Waals surface area contributed by atoms with Crippen LogP contribution in [0.4, 0.5) is 11.4 Å². The van der Waals surface area contributed by atoms with Gasteiger partial charge >= 0.3 is 0 Å². The molecule has 17 heavy (non-hydrogen) atoms. The Bertz CT molecular complexity index is 477. The lowest BCUT2D eigenvalue weighted by Crippen LogP contribution is -2.41. The Morgan fingerprint density at radius 2 is 2.24 bits per heavy atom. The standard InChI is InChI=1S/C10H9BrN2O4/c11-8-2-1-7(13(15)16)5-9(8)12-3-4-17-6-10(12)14/h1-2,5H,3-4,6H2. The molecule has 0 unspecified atom stereocenters. The molecule has 1 aliphatic rings. The number of hydrogen-bond acceptors (Lipinski definition) is 4. The van der Waals surface area contributed by atoms with Gasteiger partial charge in [-0.25, -0.2) is 0 Å². The van der Waals surface area contributed by atoms with Crippen LogP contribution in [-0.2, 0) is 9.53 Å². The molecule has 0 aliphatic carbocycles. The van der Waals surface area contributed by atoms with Gasteiger partial charge in [0.25, 0.3) is 11.6 Å². The van der Waals surface area contributed by atoms with Crippen LogP contribution in [0.2, 0.25) is 0 Å². The molecule has 0 saturated carbocycles. The van der Waals surface area contributed by atoms with E-state index in [2.05, 4.69) is 15.9 Å². The number of nitro groups is 1. The summed E-state index contributed by atoms with van der Waals surface area (Å²) in [5, 5.41) is 10.7. The van der Waals surface area contributed by atoms with E-state index in [-0.39, 0.29) is 18.2 Å². The number of amides is 1. The van der Waals surface area contributed by atoms with Crippen LogP contribution in [-0.4, -0.2) is 30.6 Å². The number of carbonyl (C=O) groups excluding carboxylic acids is 1. The Balaban J connectivity index is 2.39. The largest absolute Gasteiger partial charge is 0.370 e. The van der Waals surface area contributed by atoms with Crippen molar-refractivity contribution in [2.75, 3.05) is 24.7 Å². The Hall–Kier alpha value is -1.47. The molecular weight excluding hydrogens is 292 g/mol. The summed E-state index contributed by atoms with van der Waals surface area (Å²) >= 11 is 3.29. The van der Waals surface area contributed by atoms with Gasteiger partial charge in [0.1, 0.15) is 6.61 Å². The maximum Gasteiger partial charge on any atom is 0.271 e. The lowest BCUT2D eigenvalue weighted by molar-refractivity contribution is -0.384. The minimum atomic E-state index is -0.485. The normalized spacial score (nSPS) is 16.1. The molecule has 1 heterocycles. The second-order valence-corrected chi connectivity index (χ2v) is 4.35. The molecule has 0 bridgehead atoms. The predicted octanol–water partition coefficient (Wildman–Crippen LogP) is 1.72. The summed E-state index contributed by atoms with van der Waals surface area (Å²) in [7, 11) is 0. The van der Waals surface area contributed by atoms with Gasteiger partial charge in [-0.2, -0.15) is 0 Å². The van der Waals surface area contributed by atoms with Crippen LogP contribution < -0.4 is 4.90 Å². The summed E-state index contributed by atoms with van der Waals surface area (Å²) in [4.78, 5) is 23.3. The molecule has 1 aromatic carbocycles. The molecule has 1 fully saturated rings. The number of halogens is 1. The lowest BCUT2D eigenvalue weighted by Gasteiger charge is -2.27. The molecule has 2 rings (SSSR count). The van der Waals surface area contributed by atoms with Crippen LogP contribution in [0.25, 0.3) is 0 Å². The quantitative estimate of drug-likeness (QED) is 0.616. The zero-order chi connectivity index (χ0) is 12.4. The summed E-state index contributed by atoms with van der Waals surface area (Å²) in [5.41, 5.74) is 0.468. The second kappa shape index (κ2) is 4.80. The van der Waals surface area contributed by atoms with Gasteiger partial charge in [-0.3, -0.25) is 14.9 Å². The molecule has 7 heteroatoms. The van der Waals surface area contributed by atoms with E-state index in [0.717, 1.165) is 0 Å². The molecule has 1 amide bonds. The first-order valence-corrected chi connectivity index (χ1v) is 5.71. The van der Waals surface area contributed by atoms with E-state index in [0.29, 0.717) is 23.3 Å². The van der Waals surface area contributed by atoms with Crippen molar-refractivity contribution in [2.45, 2.75) is 0 Å². The van der Waals surface area contributed by atoms with Gasteiger partial charge in [0.05, 0.1) is 17.2 Å². The molecule has 0 N–H and O–H groups in total. The minimum Gasteiger partial charge on any atom is -0.370 e. The van der Waals surface area contributed by atoms with Crippen molar-refractivity contribution in [1.82, 2.24) is 0 Å². The molecule has 0 aromatic heterocycles. The zero-order valence-electron chi connectivity index (χ0n) is 8.76. The van der Waals surface area contributed by atoms with Crippen molar-refractivity contribution in [2.24, 2.45) is 0 Å². The van der Waals surface area contributed by atoms with Crippen molar-refractivity contribution in [3.63, 3.8) is 0 Å². The summed E-state index contributed by atoms with van der Waals surface area (Å²) < 4.78 is 5.66. The fourth-order valence-electron chi connectivity index (χ4n) is 1.59. The van der Waals surface area contributed by atoms with E-state index >= 15 is 0 Å². The van der Waals surface area contributed by atoms with Crippen LogP contribution >= 0.6 is 15.9 Å². The SMILES string of the molecule is O=C1COCCN1c1cc([N+](=O)[O-])ccc1Br. The molecule has 90 valence electrons. The highest BCUT2D eigenvalue weighted by molar-refractivity contribution is 9.10. The van der Waals surface area contributed by atoms with Crippen molar-refractivity contribution >= 4 is 33.2 Å². The Morgan fingerprint density at radius 1 is 1.47 bits per heavy atom. The number of anilines is 1. The number of carbonyl (C=O) groups is 1. The Labute approximate surface area is 105 Å².